The highest BCUT2D eigenvalue weighted by Crippen LogP contribution is 2.30. The standard InChI is InChI=1S/C23H26Cl2FN6O2P/c1-2-14-33-22-29-20(27-17-6-8-19(9-7-17)34-23(25,26)35)28-21(30-22)32-12-10-31(11-13-32)18-5-3-4-16(24)15-18/h3-9,15H,2,10-14,35H2,1H3,(H,27,28,29,30). The number of rotatable bonds is 9. The number of hydrogen-bond acceptors (Lipinski definition) is 8. The van der Waals surface area contributed by atoms with Gasteiger partial charge < -0.3 is 24.6 Å². The topological polar surface area (TPSA) is 75.6 Å². The molecule has 3 aromatic rings. The quantitative estimate of drug-likeness (QED) is 0.284. The second-order valence-corrected chi connectivity index (χ2v) is 9.92. The molecule has 2 aromatic carbocycles. The van der Waals surface area contributed by atoms with Gasteiger partial charge in [-0.2, -0.15) is 19.3 Å². The van der Waals surface area contributed by atoms with Gasteiger partial charge in [-0.05, 0) is 69.7 Å². The summed E-state index contributed by atoms with van der Waals surface area (Å²) in [5, 5.41) is 1.51. The van der Waals surface area contributed by atoms with Crippen LogP contribution in [-0.2, 0) is 0 Å². The molecule has 2 unspecified atom stereocenters. The Balaban J connectivity index is 1.48. The van der Waals surface area contributed by atoms with Crippen LogP contribution in [0.3, 0.4) is 0 Å². The lowest BCUT2D eigenvalue weighted by Crippen LogP contribution is -2.47. The van der Waals surface area contributed by atoms with Gasteiger partial charge in [-0.3, -0.25) is 0 Å². The maximum Gasteiger partial charge on any atom is 0.338 e. The molecule has 2 atom stereocenters. The lowest BCUT2D eigenvalue weighted by atomic mass is 10.2. The first-order chi connectivity index (χ1) is 16.8. The van der Waals surface area contributed by atoms with Crippen molar-refractivity contribution in [2.24, 2.45) is 0 Å². The summed E-state index contributed by atoms with van der Waals surface area (Å²) < 4.78 is 24.1. The van der Waals surface area contributed by atoms with Gasteiger partial charge in [-0.25, -0.2) is 0 Å². The zero-order valence-corrected chi connectivity index (χ0v) is 21.8. The molecule has 1 aromatic heterocycles. The molecule has 2 heterocycles. The fourth-order valence-electron chi connectivity index (χ4n) is 3.53. The first kappa shape index (κ1) is 25.5. The van der Waals surface area contributed by atoms with E-state index < -0.39 is 5.06 Å². The maximum atomic E-state index is 13.5. The van der Waals surface area contributed by atoms with Crippen molar-refractivity contribution in [3.63, 3.8) is 0 Å². The van der Waals surface area contributed by atoms with Crippen LogP contribution in [0.2, 0.25) is 5.02 Å². The summed E-state index contributed by atoms with van der Waals surface area (Å²) >= 11 is 11.6. The van der Waals surface area contributed by atoms with Crippen LogP contribution in [0, 0.1) is 0 Å². The summed E-state index contributed by atoms with van der Waals surface area (Å²) in [6.45, 7) is 5.57. The fraction of sp³-hybridized carbons (Fsp3) is 0.348. The van der Waals surface area contributed by atoms with Crippen LogP contribution < -0.4 is 24.6 Å². The van der Waals surface area contributed by atoms with E-state index in [2.05, 4.69) is 36.1 Å². The van der Waals surface area contributed by atoms with E-state index >= 15 is 0 Å². The van der Waals surface area contributed by atoms with Crippen molar-refractivity contribution >= 4 is 55.7 Å². The molecular formula is C23H26Cl2FN6O2P. The van der Waals surface area contributed by atoms with Gasteiger partial charge in [-0.1, -0.05) is 24.6 Å². The second kappa shape index (κ2) is 11.4. The van der Waals surface area contributed by atoms with Gasteiger partial charge in [0.25, 0.3) is 0 Å². The Bertz CT molecular complexity index is 1130. The van der Waals surface area contributed by atoms with Gasteiger partial charge in [0, 0.05) is 42.6 Å². The highest BCUT2D eigenvalue weighted by Gasteiger charge is 2.22. The predicted octanol–water partition coefficient (Wildman–Crippen LogP) is 5.46. The molecular weight excluding hydrogens is 513 g/mol. The average Bonchev–Trinajstić information content (AvgIpc) is 2.83. The highest BCUT2D eigenvalue weighted by atomic mass is 35.5. The van der Waals surface area contributed by atoms with Crippen molar-refractivity contribution in [3.8, 4) is 11.8 Å². The van der Waals surface area contributed by atoms with Crippen LogP contribution in [0.25, 0.3) is 0 Å². The lowest BCUT2D eigenvalue weighted by Gasteiger charge is -2.36. The third-order valence-corrected chi connectivity index (χ3v) is 5.57. The third kappa shape index (κ3) is 7.43. The van der Waals surface area contributed by atoms with E-state index in [0.717, 1.165) is 43.3 Å². The Hall–Kier alpha value is -2.61. The zero-order chi connectivity index (χ0) is 24.8. The van der Waals surface area contributed by atoms with E-state index in [1.54, 1.807) is 33.5 Å². The summed E-state index contributed by atoms with van der Waals surface area (Å²) in [4.78, 5) is 17.9. The number of benzene rings is 2. The van der Waals surface area contributed by atoms with Crippen LogP contribution >= 0.6 is 32.4 Å². The molecule has 4 rings (SSSR count). The number of alkyl halides is 2. The van der Waals surface area contributed by atoms with Gasteiger partial charge in [0.2, 0.25) is 11.9 Å². The molecule has 1 saturated heterocycles. The first-order valence-corrected chi connectivity index (χ1v) is 12.5. The molecule has 186 valence electrons. The Morgan fingerprint density at radius 2 is 1.77 bits per heavy atom. The number of aromatic nitrogens is 3. The third-order valence-electron chi connectivity index (χ3n) is 5.14. The van der Waals surface area contributed by atoms with E-state index in [-0.39, 0.29) is 11.8 Å². The van der Waals surface area contributed by atoms with Crippen LogP contribution in [0.4, 0.5) is 27.7 Å². The van der Waals surface area contributed by atoms with Gasteiger partial charge in [0.15, 0.2) is 0 Å². The number of halogens is 3. The molecule has 0 radical (unpaired) electrons. The lowest BCUT2D eigenvalue weighted by molar-refractivity contribution is 0.111. The van der Waals surface area contributed by atoms with Crippen molar-refractivity contribution < 1.29 is 13.9 Å². The van der Waals surface area contributed by atoms with E-state index in [9.17, 15) is 4.39 Å². The molecule has 0 aliphatic carbocycles. The Morgan fingerprint density at radius 3 is 2.43 bits per heavy atom. The molecule has 35 heavy (non-hydrogen) atoms. The molecule has 1 fully saturated rings. The summed E-state index contributed by atoms with van der Waals surface area (Å²) in [7, 11) is 1.78. The molecule has 8 nitrogen and oxygen atoms in total. The molecule has 1 aliphatic heterocycles. The molecule has 0 saturated carbocycles. The largest absolute Gasteiger partial charge is 0.463 e. The summed E-state index contributed by atoms with van der Waals surface area (Å²) in [5.74, 6) is 1.16. The number of hydrogen-bond donors (Lipinski definition) is 1. The number of nitrogens with zero attached hydrogens (tertiary/aromatic N) is 5. The molecule has 1 aliphatic rings. The van der Waals surface area contributed by atoms with E-state index in [1.807, 2.05) is 25.1 Å². The van der Waals surface area contributed by atoms with E-state index in [0.29, 0.717) is 24.2 Å². The van der Waals surface area contributed by atoms with Crippen molar-refractivity contribution in [3.05, 3.63) is 53.6 Å². The Morgan fingerprint density at radius 1 is 1.06 bits per heavy atom. The maximum absolute atomic E-state index is 13.5. The minimum Gasteiger partial charge on any atom is -0.463 e. The molecule has 12 heteroatoms. The molecule has 0 spiro atoms. The van der Waals surface area contributed by atoms with Crippen LogP contribution in [0.15, 0.2) is 48.5 Å². The molecule has 0 bridgehead atoms. The van der Waals surface area contributed by atoms with E-state index in [4.69, 9.17) is 32.7 Å². The summed E-state index contributed by atoms with van der Waals surface area (Å²) in [5.41, 5.74) is 1.78. The monoisotopic (exact) mass is 538 g/mol. The summed E-state index contributed by atoms with van der Waals surface area (Å²) in [6, 6.07) is 14.7. The average molecular weight is 539 g/mol. The minimum atomic E-state index is -2.36. The SMILES string of the molecule is CCCOc1nc(Nc2ccc(OC(F)(P)Cl)cc2)nc(N2CCN(c3cccc(Cl)c3)CC2)n1. The van der Waals surface area contributed by atoms with Crippen molar-refractivity contribution in [2.75, 3.05) is 47.9 Å². The van der Waals surface area contributed by atoms with Crippen LogP contribution in [0.1, 0.15) is 13.3 Å². The predicted molar refractivity (Wildman–Crippen MR) is 141 cm³/mol. The van der Waals surface area contributed by atoms with Gasteiger partial charge in [0.05, 0.1) is 6.61 Å². The van der Waals surface area contributed by atoms with Crippen LogP contribution in [0.5, 0.6) is 11.8 Å². The van der Waals surface area contributed by atoms with Gasteiger partial charge in [-0.15, -0.1) is 0 Å². The number of piperazine rings is 1. The minimum absolute atomic E-state index is 0.254. The summed E-state index contributed by atoms with van der Waals surface area (Å²) in [6.07, 6.45) is 0.829. The van der Waals surface area contributed by atoms with Crippen molar-refractivity contribution in [1.29, 1.82) is 0 Å². The molecule has 0 amide bonds. The zero-order valence-electron chi connectivity index (χ0n) is 19.1. The molecule has 1 N–H and O–H groups in total. The number of nitrogens with one attached hydrogen (secondary N) is 1. The van der Waals surface area contributed by atoms with Gasteiger partial charge in [0.1, 0.15) is 5.75 Å². The van der Waals surface area contributed by atoms with Gasteiger partial charge >= 0.3 is 11.1 Å². The second-order valence-electron chi connectivity index (χ2n) is 7.86. The normalized spacial score (nSPS) is 15.5. The Labute approximate surface area is 216 Å². The van der Waals surface area contributed by atoms with Crippen molar-refractivity contribution in [2.45, 2.75) is 18.4 Å². The number of ether oxygens (including phenoxy) is 2. The Kier molecular flexibility index (Phi) is 8.31. The fourth-order valence-corrected chi connectivity index (χ4v) is 3.94. The first-order valence-electron chi connectivity index (χ1n) is 11.2. The highest BCUT2D eigenvalue weighted by molar-refractivity contribution is 7.21. The van der Waals surface area contributed by atoms with E-state index in [1.165, 1.54) is 0 Å². The van der Waals surface area contributed by atoms with Crippen LogP contribution in [-0.4, -0.2) is 52.8 Å². The smallest absolute Gasteiger partial charge is 0.338 e. The number of anilines is 4. The van der Waals surface area contributed by atoms with Crippen molar-refractivity contribution in [1.82, 2.24) is 15.0 Å².